The number of nitrogens with zero attached hydrogens (tertiary/aromatic N) is 2. The molecule has 3 rings (SSSR count). The molecule has 0 aromatic heterocycles. The molecule has 2 aromatic rings. The summed E-state index contributed by atoms with van der Waals surface area (Å²) in [6.45, 7) is 4.39. The van der Waals surface area contributed by atoms with Gasteiger partial charge in [0.25, 0.3) is 0 Å². The molecule has 0 unspecified atom stereocenters. The molecule has 2 aromatic carbocycles. The highest BCUT2D eigenvalue weighted by Gasteiger charge is 2.27. The lowest BCUT2D eigenvalue weighted by molar-refractivity contribution is 0.346. The molecule has 30 heavy (non-hydrogen) atoms. The van der Waals surface area contributed by atoms with Gasteiger partial charge in [0, 0.05) is 26.2 Å². The van der Waals surface area contributed by atoms with Gasteiger partial charge in [-0.1, -0.05) is 36.8 Å². The van der Waals surface area contributed by atoms with Crippen molar-refractivity contribution in [2.75, 3.05) is 19.6 Å². The van der Waals surface area contributed by atoms with Gasteiger partial charge in [0.05, 0.1) is 11.4 Å². The lowest BCUT2D eigenvalue weighted by Crippen LogP contribution is -2.38. The monoisotopic (exact) mass is 432 g/mol. The maximum Gasteiger partial charge on any atom is 0.243 e. The second-order valence-electron chi connectivity index (χ2n) is 7.25. The maximum absolute atomic E-state index is 13.4. The number of aliphatic imine (C=N–C) groups is 1. The van der Waals surface area contributed by atoms with E-state index in [-0.39, 0.29) is 5.82 Å². The molecule has 1 aliphatic rings. The predicted molar refractivity (Wildman–Crippen MR) is 117 cm³/mol. The van der Waals surface area contributed by atoms with Crippen LogP contribution in [0.4, 0.5) is 4.39 Å². The van der Waals surface area contributed by atoms with E-state index in [4.69, 9.17) is 0 Å². The van der Waals surface area contributed by atoms with Crippen LogP contribution in [0.1, 0.15) is 37.3 Å². The average molecular weight is 433 g/mol. The Balaban J connectivity index is 1.74. The molecule has 162 valence electrons. The number of hydrogen-bond donors (Lipinski definition) is 2. The van der Waals surface area contributed by atoms with Gasteiger partial charge >= 0.3 is 0 Å². The molecule has 0 spiro atoms. The standard InChI is InChI=1S/C22H29FN4O2S/c1-2-24-22(25-16-18-9-8-11-20(23)15-18)26-17-19-10-4-5-12-21(19)30(28,29)27-13-6-3-7-14-27/h4-5,8-12,15H,2-3,6-7,13-14,16-17H2,1H3,(H2,24,25,26). The number of nitrogens with one attached hydrogen (secondary N) is 2. The molecule has 0 amide bonds. The Morgan fingerprint density at radius 2 is 1.83 bits per heavy atom. The van der Waals surface area contributed by atoms with Gasteiger partial charge in [-0.15, -0.1) is 0 Å². The fraction of sp³-hybridized carbons (Fsp3) is 0.409. The zero-order chi connectivity index (χ0) is 21.4. The zero-order valence-corrected chi connectivity index (χ0v) is 18.1. The van der Waals surface area contributed by atoms with Crippen molar-refractivity contribution < 1.29 is 12.8 Å². The Bertz CT molecular complexity index is 973. The molecular formula is C22H29FN4O2S. The van der Waals surface area contributed by atoms with Crippen molar-refractivity contribution in [2.24, 2.45) is 4.99 Å². The average Bonchev–Trinajstić information content (AvgIpc) is 2.76. The second kappa shape index (κ2) is 10.5. The minimum Gasteiger partial charge on any atom is -0.357 e. The van der Waals surface area contributed by atoms with Crippen molar-refractivity contribution >= 4 is 16.0 Å². The van der Waals surface area contributed by atoms with Crippen molar-refractivity contribution in [1.29, 1.82) is 0 Å². The Hall–Kier alpha value is -2.45. The zero-order valence-electron chi connectivity index (χ0n) is 17.3. The minimum absolute atomic E-state index is 0.294. The highest BCUT2D eigenvalue weighted by atomic mass is 32.2. The maximum atomic E-state index is 13.4. The first kappa shape index (κ1) is 22.2. The SMILES string of the molecule is CCNC(=NCc1cccc(F)c1)NCc1ccccc1S(=O)(=O)N1CCCCC1. The van der Waals surface area contributed by atoms with E-state index in [1.165, 1.54) is 12.1 Å². The van der Waals surface area contributed by atoms with Crippen LogP contribution in [0.2, 0.25) is 0 Å². The Kier molecular flexibility index (Phi) is 7.81. The lowest BCUT2D eigenvalue weighted by atomic mass is 10.2. The van der Waals surface area contributed by atoms with E-state index in [9.17, 15) is 12.8 Å². The first-order valence-corrected chi connectivity index (χ1v) is 11.8. The largest absolute Gasteiger partial charge is 0.357 e. The molecule has 1 heterocycles. The van der Waals surface area contributed by atoms with Crippen LogP contribution in [-0.4, -0.2) is 38.3 Å². The molecule has 2 N–H and O–H groups in total. The van der Waals surface area contributed by atoms with Crippen LogP contribution < -0.4 is 10.6 Å². The molecule has 0 aliphatic carbocycles. The summed E-state index contributed by atoms with van der Waals surface area (Å²) in [5, 5.41) is 6.34. The summed E-state index contributed by atoms with van der Waals surface area (Å²) < 4.78 is 41.2. The van der Waals surface area contributed by atoms with Crippen molar-refractivity contribution in [1.82, 2.24) is 14.9 Å². The smallest absolute Gasteiger partial charge is 0.243 e. The summed E-state index contributed by atoms with van der Waals surface area (Å²) in [6, 6.07) is 13.4. The van der Waals surface area contributed by atoms with Crippen LogP contribution in [0.5, 0.6) is 0 Å². The second-order valence-corrected chi connectivity index (χ2v) is 9.16. The minimum atomic E-state index is -3.52. The van der Waals surface area contributed by atoms with Crippen LogP contribution in [0.15, 0.2) is 58.4 Å². The van der Waals surface area contributed by atoms with Crippen molar-refractivity contribution in [3.05, 3.63) is 65.5 Å². The van der Waals surface area contributed by atoms with Crippen LogP contribution in [0.25, 0.3) is 0 Å². The van der Waals surface area contributed by atoms with Crippen LogP contribution >= 0.6 is 0 Å². The number of guanidine groups is 1. The summed E-state index contributed by atoms with van der Waals surface area (Å²) in [5.74, 6) is 0.254. The molecule has 0 bridgehead atoms. The molecule has 1 aliphatic heterocycles. The number of sulfonamides is 1. The molecule has 8 heteroatoms. The Morgan fingerprint density at radius 3 is 2.57 bits per heavy atom. The third-order valence-corrected chi connectivity index (χ3v) is 7.00. The Labute approximate surface area is 178 Å². The number of benzene rings is 2. The molecule has 0 atom stereocenters. The lowest BCUT2D eigenvalue weighted by Gasteiger charge is -2.27. The highest BCUT2D eigenvalue weighted by molar-refractivity contribution is 7.89. The third-order valence-electron chi connectivity index (χ3n) is 5.00. The van der Waals surface area contributed by atoms with E-state index in [1.807, 2.05) is 25.1 Å². The quantitative estimate of drug-likeness (QED) is 0.520. The molecule has 1 saturated heterocycles. The highest BCUT2D eigenvalue weighted by Crippen LogP contribution is 2.23. The van der Waals surface area contributed by atoms with Gasteiger partial charge in [-0.25, -0.2) is 17.8 Å². The van der Waals surface area contributed by atoms with Gasteiger partial charge in [0.2, 0.25) is 10.0 Å². The van der Waals surface area contributed by atoms with Gasteiger partial charge in [-0.3, -0.25) is 0 Å². The molecule has 6 nitrogen and oxygen atoms in total. The van der Waals surface area contributed by atoms with E-state index in [0.717, 1.165) is 24.8 Å². The number of piperidine rings is 1. The third kappa shape index (κ3) is 5.79. The molecule has 0 radical (unpaired) electrons. The number of hydrogen-bond acceptors (Lipinski definition) is 3. The van der Waals surface area contributed by atoms with Gasteiger partial charge in [0.15, 0.2) is 5.96 Å². The molecule has 1 fully saturated rings. The van der Waals surface area contributed by atoms with Crippen molar-refractivity contribution in [2.45, 2.75) is 44.2 Å². The topological polar surface area (TPSA) is 73.8 Å². The van der Waals surface area contributed by atoms with Gasteiger partial charge in [0.1, 0.15) is 5.82 Å². The van der Waals surface area contributed by atoms with Crippen molar-refractivity contribution in [3.8, 4) is 0 Å². The van der Waals surface area contributed by atoms with E-state index in [1.54, 1.807) is 22.5 Å². The van der Waals surface area contributed by atoms with Gasteiger partial charge in [-0.05, 0) is 49.1 Å². The number of halogens is 1. The van der Waals surface area contributed by atoms with Crippen LogP contribution in [0.3, 0.4) is 0 Å². The first-order chi connectivity index (χ1) is 14.5. The summed E-state index contributed by atoms with van der Waals surface area (Å²) in [6.07, 6.45) is 2.87. The van der Waals surface area contributed by atoms with E-state index in [2.05, 4.69) is 15.6 Å². The fourth-order valence-corrected chi connectivity index (χ4v) is 5.21. The molecular weight excluding hydrogens is 403 g/mol. The summed E-state index contributed by atoms with van der Waals surface area (Å²) >= 11 is 0. The predicted octanol–water partition coefficient (Wildman–Crippen LogP) is 3.26. The molecule has 0 saturated carbocycles. The van der Waals surface area contributed by atoms with E-state index in [0.29, 0.717) is 49.1 Å². The normalized spacial score (nSPS) is 15.7. The fourth-order valence-electron chi connectivity index (χ4n) is 3.47. The summed E-state index contributed by atoms with van der Waals surface area (Å²) in [7, 11) is -3.52. The van der Waals surface area contributed by atoms with Crippen molar-refractivity contribution in [3.63, 3.8) is 0 Å². The van der Waals surface area contributed by atoms with Crippen LogP contribution in [0, 0.1) is 5.82 Å². The van der Waals surface area contributed by atoms with Crippen LogP contribution in [-0.2, 0) is 23.1 Å². The Morgan fingerprint density at radius 1 is 1.07 bits per heavy atom. The number of rotatable bonds is 7. The summed E-state index contributed by atoms with van der Waals surface area (Å²) in [5.41, 5.74) is 1.46. The van der Waals surface area contributed by atoms with E-state index < -0.39 is 10.0 Å². The first-order valence-electron chi connectivity index (χ1n) is 10.4. The van der Waals surface area contributed by atoms with E-state index >= 15 is 0 Å². The van der Waals surface area contributed by atoms with Gasteiger partial charge < -0.3 is 10.6 Å². The summed E-state index contributed by atoms with van der Waals surface area (Å²) in [4.78, 5) is 4.82. The van der Waals surface area contributed by atoms with Gasteiger partial charge in [-0.2, -0.15) is 4.31 Å².